The summed E-state index contributed by atoms with van der Waals surface area (Å²) in [6, 6.07) is 24.5. The Bertz CT molecular complexity index is 1360. The van der Waals surface area contributed by atoms with Gasteiger partial charge in [-0.3, -0.25) is 9.59 Å². The summed E-state index contributed by atoms with van der Waals surface area (Å²) >= 11 is 1.50. The summed E-state index contributed by atoms with van der Waals surface area (Å²) in [4.78, 5) is 32.4. The topological polar surface area (TPSA) is 52.7 Å². The van der Waals surface area contributed by atoms with Gasteiger partial charge in [0.2, 0.25) is 0 Å². The Labute approximate surface area is 242 Å². The third-order valence-electron chi connectivity index (χ3n) is 7.90. The van der Waals surface area contributed by atoms with E-state index in [1.165, 1.54) is 49.4 Å². The van der Waals surface area contributed by atoms with Crippen LogP contribution in [0, 0.1) is 6.92 Å². The minimum absolute atomic E-state index is 0.00906. The molecule has 1 fully saturated rings. The van der Waals surface area contributed by atoms with Gasteiger partial charge in [-0.05, 0) is 81.2 Å². The molecule has 2 amide bonds. The summed E-state index contributed by atoms with van der Waals surface area (Å²) < 4.78 is 0. The minimum Gasteiger partial charge on any atom is -0.352 e. The van der Waals surface area contributed by atoms with Crippen LogP contribution >= 0.6 is 11.8 Å². The highest BCUT2D eigenvalue weighted by Gasteiger charge is 2.29. The Kier molecular flexibility index (Phi) is 9.40. The number of nitrogens with zero attached hydrogens (tertiary/aromatic N) is 2. The lowest BCUT2D eigenvalue weighted by molar-refractivity contribution is -0.114. The fourth-order valence-electron chi connectivity index (χ4n) is 5.63. The summed E-state index contributed by atoms with van der Waals surface area (Å²) in [5.74, 6) is -0.0638. The molecule has 0 aromatic heterocycles. The number of nitrogens with one attached hydrogen (secondary N) is 1. The van der Waals surface area contributed by atoms with E-state index in [1.54, 1.807) is 0 Å². The maximum absolute atomic E-state index is 13.6. The molecule has 2 aliphatic rings. The van der Waals surface area contributed by atoms with Gasteiger partial charge in [0.15, 0.2) is 0 Å². The SMILES string of the molecule is Cc1cccc(CN2C(=O)C(=Cc3ccc(C(=O)NCCCN(C)C4CCCCC4)cc3)Sc3ccccc32)c1. The maximum atomic E-state index is 13.6. The van der Waals surface area contributed by atoms with Crippen molar-refractivity contribution in [3.8, 4) is 0 Å². The van der Waals surface area contributed by atoms with Crippen LogP contribution in [0.2, 0.25) is 0 Å². The van der Waals surface area contributed by atoms with Crippen LogP contribution in [0.25, 0.3) is 6.08 Å². The smallest absolute Gasteiger partial charge is 0.265 e. The number of hydrogen-bond acceptors (Lipinski definition) is 4. The zero-order chi connectivity index (χ0) is 27.9. The molecule has 1 saturated carbocycles. The van der Waals surface area contributed by atoms with E-state index in [-0.39, 0.29) is 11.8 Å². The van der Waals surface area contributed by atoms with Gasteiger partial charge >= 0.3 is 0 Å². The number of hydrogen-bond donors (Lipinski definition) is 1. The molecule has 5 nitrogen and oxygen atoms in total. The summed E-state index contributed by atoms with van der Waals surface area (Å²) in [5, 5.41) is 3.06. The fourth-order valence-corrected chi connectivity index (χ4v) is 6.69. The first-order valence-corrected chi connectivity index (χ1v) is 15.2. The minimum atomic E-state index is -0.0547. The molecule has 3 aromatic carbocycles. The van der Waals surface area contributed by atoms with Gasteiger partial charge < -0.3 is 15.1 Å². The van der Waals surface area contributed by atoms with Gasteiger partial charge in [0.05, 0.1) is 17.1 Å². The normalized spacial score (nSPS) is 16.8. The van der Waals surface area contributed by atoms with Crippen LogP contribution in [0.4, 0.5) is 5.69 Å². The molecule has 0 radical (unpaired) electrons. The van der Waals surface area contributed by atoms with E-state index in [4.69, 9.17) is 0 Å². The molecule has 1 heterocycles. The predicted octanol–water partition coefficient (Wildman–Crippen LogP) is 7.06. The first-order valence-electron chi connectivity index (χ1n) is 14.4. The second-order valence-corrected chi connectivity index (χ2v) is 12.0. The molecule has 1 aliphatic carbocycles. The van der Waals surface area contributed by atoms with Crippen LogP contribution in [0.3, 0.4) is 0 Å². The Hall–Kier alpha value is -3.35. The summed E-state index contributed by atoms with van der Waals surface area (Å²) in [6.45, 7) is 4.26. The molecule has 40 heavy (non-hydrogen) atoms. The van der Waals surface area contributed by atoms with Crippen LogP contribution in [0.15, 0.2) is 82.6 Å². The average molecular weight is 554 g/mol. The van der Waals surface area contributed by atoms with Gasteiger partial charge in [-0.1, -0.05) is 85.1 Å². The van der Waals surface area contributed by atoms with Crippen molar-refractivity contribution in [1.82, 2.24) is 10.2 Å². The molecule has 0 saturated heterocycles. The number of aryl methyl sites for hydroxylation is 1. The number of anilines is 1. The quantitative estimate of drug-likeness (QED) is 0.228. The van der Waals surface area contributed by atoms with E-state index in [9.17, 15) is 9.59 Å². The Morgan fingerprint density at radius 3 is 2.58 bits per heavy atom. The van der Waals surface area contributed by atoms with Crippen LogP contribution in [0.5, 0.6) is 0 Å². The molecule has 0 atom stereocenters. The van der Waals surface area contributed by atoms with Crippen molar-refractivity contribution in [2.75, 3.05) is 25.0 Å². The van der Waals surface area contributed by atoms with Crippen LogP contribution < -0.4 is 10.2 Å². The lowest BCUT2D eigenvalue weighted by Crippen LogP contribution is -2.35. The lowest BCUT2D eigenvalue weighted by Gasteiger charge is -2.31. The van der Waals surface area contributed by atoms with E-state index >= 15 is 0 Å². The van der Waals surface area contributed by atoms with Crippen LogP contribution in [0.1, 0.15) is 65.6 Å². The highest BCUT2D eigenvalue weighted by molar-refractivity contribution is 8.04. The van der Waals surface area contributed by atoms with Gasteiger partial charge in [-0.2, -0.15) is 0 Å². The molecular weight excluding hydrogens is 514 g/mol. The summed E-state index contributed by atoms with van der Waals surface area (Å²) in [7, 11) is 2.21. The molecule has 5 rings (SSSR count). The third kappa shape index (κ3) is 7.04. The molecule has 208 valence electrons. The van der Waals surface area contributed by atoms with Gasteiger partial charge in [0.25, 0.3) is 11.8 Å². The van der Waals surface area contributed by atoms with Crippen molar-refractivity contribution in [1.29, 1.82) is 0 Å². The van der Waals surface area contributed by atoms with Crippen molar-refractivity contribution in [3.63, 3.8) is 0 Å². The highest BCUT2D eigenvalue weighted by Crippen LogP contribution is 2.42. The van der Waals surface area contributed by atoms with E-state index in [2.05, 4.69) is 48.5 Å². The Morgan fingerprint density at radius 2 is 1.80 bits per heavy atom. The maximum Gasteiger partial charge on any atom is 0.265 e. The number of para-hydroxylation sites is 1. The van der Waals surface area contributed by atoms with E-state index < -0.39 is 0 Å². The number of rotatable bonds is 9. The number of amides is 2. The van der Waals surface area contributed by atoms with E-state index in [1.807, 2.05) is 59.5 Å². The van der Waals surface area contributed by atoms with Crippen molar-refractivity contribution < 1.29 is 9.59 Å². The zero-order valence-corrected chi connectivity index (χ0v) is 24.4. The summed E-state index contributed by atoms with van der Waals surface area (Å²) in [6.07, 6.45) is 9.51. The van der Waals surface area contributed by atoms with Crippen molar-refractivity contribution in [3.05, 3.63) is 100.0 Å². The second kappa shape index (κ2) is 13.3. The number of fused-ring (bicyclic) bond motifs is 1. The van der Waals surface area contributed by atoms with Crippen LogP contribution in [-0.4, -0.2) is 42.9 Å². The highest BCUT2D eigenvalue weighted by atomic mass is 32.2. The average Bonchev–Trinajstić information content (AvgIpc) is 2.98. The van der Waals surface area contributed by atoms with Crippen molar-refractivity contribution >= 4 is 35.3 Å². The van der Waals surface area contributed by atoms with Crippen molar-refractivity contribution in [2.24, 2.45) is 0 Å². The standard InChI is InChI=1S/C34H39N3O2S/c1-25-10-8-11-27(22-25)24-37-30-14-6-7-15-31(30)40-32(34(37)39)23-26-16-18-28(19-17-26)33(38)35-20-9-21-36(2)29-12-4-3-5-13-29/h6-8,10-11,14-19,22-23,29H,3-5,9,12-13,20-21,24H2,1-2H3,(H,35,38). The number of carbonyl (C=O) groups is 2. The molecular formula is C34H39N3O2S. The number of benzene rings is 3. The van der Waals surface area contributed by atoms with Crippen molar-refractivity contribution in [2.45, 2.75) is 62.9 Å². The van der Waals surface area contributed by atoms with E-state index in [0.29, 0.717) is 29.6 Å². The Balaban J connectivity index is 1.21. The first-order chi connectivity index (χ1) is 19.5. The molecule has 6 heteroatoms. The second-order valence-electron chi connectivity index (χ2n) is 11.0. The third-order valence-corrected chi connectivity index (χ3v) is 8.97. The number of carbonyl (C=O) groups excluding carboxylic acids is 2. The van der Waals surface area contributed by atoms with Gasteiger partial charge in [-0.15, -0.1) is 0 Å². The van der Waals surface area contributed by atoms with Gasteiger partial charge in [0, 0.05) is 23.0 Å². The summed E-state index contributed by atoms with van der Waals surface area (Å²) in [5.41, 5.74) is 4.75. The lowest BCUT2D eigenvalue weighted by atomic mass is 9.94. The molecule has 0 bridgehead atoms. The Morgan fingerprint density at radius 1 is 1.02 bits per heavy atom. The van der Waals surface area contributed by atoms with Gasteiger partial charge in [-0.25, -0.2) is 0 Å². The monoisotopic (exact) mass is 553 g/mol. The van der Waals surface area contributed by atoms with Crippen LogP contribution in [-0.2, 0) is 11.3 Å². The molecule has 3 aromatic rings. The zero-order valence-electron chi connectivity index (χ0n) is 23.6. The fraction of sp³-hybridized carbons (Fsp3) is 0.353. The predicted molar refractivity (Wildman–Crippen MR) is 166 cm³/mol. The molecule has 0 unspecified atom stereocenters. The first kappa shape index (κ1) is 28.2. The van der Waals surface area contributed by atoms with Gasteiger partial charge in [0.1, 0.15) is 0 Å². The number of thioether (sulfide) groups is 1. The van der Waals surface area contributed by atoms with E-state index in [0.717, 1.165) is 34.7 Å². The molecule has 1 aliphatic heterocycles. The molecule has 1 N–H and O–H groups in total. The molecule has 0 spiro atoms. The largest absolute Gasteiger partial charge is 0.352 e.